The van der Waals surface area contributed by atoms with Gasteiger partial charge in [0.1, 0.15) is 11.8 Å². The largest absolute Gasteiger partial charge is 0.490 e. The van der Waals surface area contributed by atoms with Gasteiger partial charge in [0.15, 0.2) is 0 Å². The van der Waals surface area contributed by atoms with Crippen molar-refractivity contribution in [3.05, 3.63) is 53.1 Å². The van der Waals surface area contributed by atoms with Crippen molar-refractivity contribution in [2.45, 2.75) is 39.2 Å². The highest BCUT2D eigenvalue weighted by Crippen LogP contribution is 2.33. The van der Waals surface area contributed by atoms with Crippen LogP contribution in [0.3, 0.4) is 0 Å². The molecule has 2 aliphatic rings. The maximum Gasteiger partial charge on any atom is 0.258 e. The molecule has 0 radical (unpaired) electrons. The fourth-order valence-corrected chi connectivity index (χ4v) is 4.76. The number of aromatic nitrogens is 2. The lowest BCUT2D eigenvalue weighted by Gasteiger charge is -2.25. The normalized spacial score (nSPS) is 15.2. The zero-order chi connectivity index (χ0) is 25.3. The molecular weight excluding hydrogens is 474 g/mol. The topological polar surface area (TPSA) is 110 Å². The van der Waals surface area contributed by atoms with E-state index in [4.69, 9.17) is 19.1 Å². The van der Waals surface area contributed by atoms with Gasteiger partial charge < -0.3 is 14.0 Å². The summed E-state index contributed by atoms with van der Waals surface area (Å²) in [5.74, 6) is 2.59. The molecule has 1 aliphatic carbocycles. The summed E-state index contributed by atoms with van der Waals surface area (Å²) in [6.07, 6.45) is 3.33. The van der Waals surface area contributed by atoms with Crippen molar-refractivity contribution in [1.82, 2.24) is 15.0 Å². The van der Waals surface area contributed by atoms with E-state index < -0.39 is 0 Å². The maximum absolute atomic E-state index is 9.40. The molecule has 0 bridgehead atoms. The molecule has 190 valence electrons. The molecule has 0 spiro atoms. The average molecular weight is 508 g/mol. The van der Waals surface area contributed by atoms with Gasteiger partial charge in [-0.05, 0) is 62.4 Å². The first kappa shape index (κ1) is 26.2. The predicted molar refractivity (Wildman–Crippen MR) is 142 cm³/mol. The van der Waals surface area contributed by atoms with Crippen LogP contribution in [0.1, 0.15) is 37.0 Å². The molecular formula is C27H33N5O3S. The lowest BCUT2D eigenvalue weighted by atomic mass is 10.0. The number of aryl methyl sites for hydroxylation is 1. The monoisotopic (exact) mass is 507 g/mol. The van der Waals surface area contributed by atoms with Gasteiger partial charge in [-0.1, -0.05) is 35.3 Å². The summed E-state index contributed by atoms with van der Waals surface area (Å²) in [5, 5.41) is 18.9. The summed E-state index contributed by atoms with van der Waals surface area (Å²) in [6, 6.07) is 13.8. The molecule has 1 saturated heterocycles. The summed E-state index contributed by atoms with van der Waals surface area (Å²) in [7, 11) is 0. The smallest absolute Gasteiger partial charge is 0.258 e. The van der Waals surface area contributed by atoms with Crippen molar-refractivity contribution < 1.29 is 14.0 Å². The molecule has 0 amide bonds. The van der Waals surface area contributed by atoms with Crippen LogP contribution in [0.4, 0.5) is 0 Å². The Kier molecular flexibility index (Phi) is 9.36. The summed E-state index contributed by atoms with van der Waals surface area (Å²) in [4.78, 5) is 6.94. The third-order valence-electron chi connectivity index (χ3n) is 6.15. The number of nitrogens with zero attached hydrogens (tertiary/aromatic N) is 4. The van der Waals surface area contributed by atoms with E-state index in [-0.39, 0.29) is 6.10 Å². The molecule has 3 aromatic rings. The number of fused-ring (bicyclic) bond motifs is 1. The quantitative estimate of drug-likeness (QED) is 0.463. The second-order valence-corrected chi connectivity index (χ2v) is 9.78. The minimum atomic E-state index is 0.00290. The summed E-state index contributed by atoms with van der Waals surface area (Å²) >= 11 is 1.41. The fourth-order valence-electron chi connectivity index (χ4n) is 4.39. The number of hydrogen-bond donors (Lipinski definition) is 1. The van der Waals surface area contributed by atoms with E-state index in [9.17, 15) is 5.26 Å². The first-order chi connectivity index (χ1) is 17.6. The molecule has 2 N–H and O–H groups in total. The molecule has 2 aromatic carbocycles. The van der Waals surface area contributed by atoms with Crippen molar-refractivity contribution in [3.63, 3.8) is 0 Å². The molecule has 0 saturated carbocycles. The Morgan fingerprint density at radius 3 is 2.78 bits per heavy atom. The number of ether oxygens (including phenoxy) is 2. The molecule has 8 nitrogen and oxygen atoms in total. The van der Waals surface area contributed by atoms with Crippen LogP contribution in [0, 0.1) is 11.3 Å². The highest BCUT2D eigenvalue weighted by Gasteiger charge is 2.20. The van der Waals surface area contributed by atoms with Crippen molar-refractivity contribution >= 4 is 11.9 Å². The van der Waals surface area contributed by atoms with Gasteiger partial charge in [-0.15, -0.1) is 0 Å². The van der Waals surface area contributed by atoms with Gasteiger partial charge in [-0.25, -0.2) is 0 Å². The van der Waals surface area contributed by atoms with Gasteiger partial charge in [0.2, 0.25) is 5.82 Å². The SMILES string of the molecule is CC(C)Oc1ccc(-c2nc(-c3cccc4c3CCC4)no2)cc1C#N.NSCCN1CCOCC1. The van der Waals surface area contributed by atoms with Crippen LogP contribution in [0.5, 0.6) is 5.75 Å². The third kappa shape index (κ3) is 6.65. The van der Waals surface area contributed by atoms with Gasteiger partial charge >= 0.3 is 0 Å². The minimum Gasteiger partial charge on any atom is -0.490 e. The van der Waals surface area contributed by atoms with Gasteiger partial charge in [0, 0.05) is 36.5 Å². The minimum absolute atomic E-state index is 0.00290. The highest BCUT2D eigenvalue weighted by molar-refractivity contribution is 7.97. The van der Waals surface area contributed by atoms with Crippen molar-refractivity contribution in [2.24, 2.45) is 5.14 Å². The van der Waals surface area contributed by atoms with Crippen LogP contribution >= 0.6 is 11.9 Å². The van der Waals surface area contributed by atoms with Crippen molar-refractivity contribution in [2.75, 3.05) is 38.6 Å². The first-order valence-corrected chi connectivity index (χ1v) is 13.4. The number of benzene rings is 2. The molecule has 9 heteroatoms. The van der Waals surface area contributed by atoms with Crippen LogP contribution < -0.4 is 9.88 Å². The van der Waals surface area contributed by atoms with Crippen LogP contribution in [0.2, 0.25) is 0 Å². The molecule has 2 heterocycles. The predicted octanol–water partition coefficient (Wildman–Crippen LogP) is 4.48. The van der Waals surface area contributed by atoms with Crippen LogP contribution in [0.25, 0.3) is 22.8 Å². The Bertz CT molecular complexity index is 1180. The van der Waals surface area contributed by atoms with E-state index in [1.807, 2.05) is 32.0 Å². The summed E-state index contributed by atoms with van der Waals surface area (Å²) in [5.41, 5.74) is 4.89. The number of rotatable bonds is 7. The highest BCUT2D eigenvalue weighted by atomic mass is 32.2. The van der Waals surface area contributed by atoms with Crippen LogP contribution in [0.15, 0.2) is 40.9 Å². The second kappa shape index (κ2) is 12.9. The Labute approximate surface area is 216 Å². The van der Waals surface area contributed by atoms with Crippen molar-refractivity contribution in [3.8, 4) is 34.7 Å². The Balaban J connectivity index is 0.000000256. The zero-order valence-corrected chi connectivity index (χ0v) is 21.7. The number of hydrogen-bond acceptors (Lipinski definition) is 9. The average Bonchev–Trinajstić information content (AvgIpc) is 3.58. The molecule has 1 aliphatic heterocycles. The van der Waals surface area contributed by atoms with E-state index in [1.165, 1.54) is 29.5 Å². The third-order valence-corrected chi connectivity index (χ3v) is 6.57. The lowest BCUT2D eigenvalue weighted by Crippen LogP contribution is -2.37. The number of nitrogens with two attached hydrogens (primary N) is 1. The molecule has 1 fully saturated rings. The van der Waals surface area contributed by atoms with E-state index >= 15 is 0 Å². The summed E-state index contributed by atoms with van der Waals surface area (Å²) < 4.78 is 16.3. The van der Waals surface area contributed by atoms with Gasteiger partial charge in [0.25, 0.3) is 5.89 Å². The number of nitriles is 1. The zero-order valence-electron chi connectivity index (χ0n) is 20.9. The maximum atomic E-state index is 9.40. The van der Waals surface area contributed by atoms with Gasteiger partial charge in [-0.3, -0.25) is 10.0 Å². The van der Waals surface area contributed by atoms with Gasteiger partial charge in [0.05, 0.1) is 24.9 Å². The van der Waals surface area contributed by atoms with E-state index in [0.29, 0.717) is 28.6 Å². The molecule has 5 rings (SSSR count). The van der Waals surface area contributed by atoms with Crippen LogP contribution in [-0.2, 0) is 17.6 Å². The molecule has 0 unspecified atom stereocenters. The van der Waals surface area contributed by atoms with E-state index in [1.54, 1.807) is 12.1 Å². The second-order valence-electron chi connectivity index (χ2n) is 9.03. The molecule has 0 atom stereocenters. The van der Waals surface area contributed by atoms with E-state index in [2.05, 4.69) is 27.2 Å². The Morgan fingerprint density at radius 2 is 2.03 bits per heavy atom. The lowest BCUT2D eigenvalue weighted by molar-refractivity contribution is 0.0410. The first-order valence-electron chi connectivity index (χ1n) is 12.4. The van der Waals surface area contributed by atoms with Crippen molar-refractivity contribution in [1.29, 1.82) is 5.26 Å². The standard InChI is InChI=1S/C21H19N3O2.C6H14N2OS/c1-13(2)25-19-10-9-15(11-16(19)12-22)21-23-20(24-26-21)18-8-4-6-14-5-3-7-17(14)18;7-10-6-3-8-1-4-9-5-2-8/h4,6,8-11,13H,3,5,7H2,1-2H3;1-7H2. The van der Waals surface area contributed by atoms with E-state index in [0.717, 1.165) is 57.0 Å². The molecule has 1 aromatic heterocycles. The Hall–Kier alpha value is -2.90. The van der Waals surface area contributed by atoms with Crippen LogP contribution in [-0.4, -0.2) is 59.7 Å². The van der Waals surface area contributed by atoms with Gasteiger partial charge in [-0.2, -0.15) is 10.2 Å². The Morgan fingerprint density at radius 1 is 1.19 bits per heavy atom. The summed E-state index contributed by atoms with van der Waals surface area (Å²) in [6.45, 7) is 8.87. The fraction of sp³-hybridized carbons (Fsp3) is 0.444. The number of morpholine rings is 1. The molecule has 36 heavy (non-hydrogen) atoms.